The number of nitrogens with zero attached hydrogens (tertiary/aromatic N) is 1. The Balaban J connectivity index is 1.52. The molecule has 1 N–H and O–H groups in total. The smallest absolute Gasteiger partial charge is 0.329 e. The zero-order chi connectivity index (χ0) is 24.2. The van der Waals surface area contributed by atoms with Crippen LogP contribution in [-0.4, -0.2) is 23.9 Å². The van der Waals surface area contributed by atoms with Gasteiger partial charge >= 0.3 is 6.03 Å². The second-order valence-corrected chi connectivity index (χ2v) is 9.41. The van der Waals surface area contributed by atoms with Gasteiger partial charge in [0.15, 0.2) is 11.5 Å². The summed E-state index contributed by atoms with van der Waals surface area (Å²) in [6.07, 6.45) is 1.64. The van der Waals surface area contributed by atoms with Crippen molar-refractivity contribution in [2.45, 2.75) is 20.1 Å². The summed E-state index contributed by atoms with van der Waals surface area (Å²) in [6.45, 7) is 2.55. The Morgan fingerprint density at radius 3 is 2.38 bits per heavy atom. The Labute approximate surface area is 216 Å². The topological polar surface area (TPSA) is 67.9 Å². The maximum absolute atomic E-state index is 12.9. The fourth-order valence-corrected chi connectivity index (χ4v) is 4.36. The largest absolute Gasteiger partial charge is 0.493 e. The van der Waals surface area contributed by atoms with Gasteiger partial charge in [-0.15, -0.1) is 0 Å². The molecule has 3 amide bonds. The van der Waals surface area contributed by atoms with Crippen LogP contribution in [0.5, 0.6) is 11.5 Å². The highest BCUT2D eigenvalue weighted by Crippen LogP contribution is 2.35. The zero-order valence-corrected chi connectivity index (χ0v) is 21.5. The molecule has 34 heavy (non-hydrogen) atoms. The molecule has 1 saturated heterocycles. The molecule has 0 radical (unpaired) electrons. The first-order valence-corrected chi connectivity index (χ1v) is 11.9. The molecule has 1 aliphatic heterocycles. The third kappa shape index (κ3) is 5.53. The van der Waals surface area contributed by atoms with Crippen molar-refractivity contribution >= 4 is 52.2 Å². The van der Waals surface area contributed by atoms with E-state index in [1.54, 1.807) is 19.3 Å². The molecule has 0 aliphatic carbocycles. The molecule has 6 nitrogen and oxygen atoms in total. The predicted molar refractivity (Wildman–Crippen MR) is 140 cm³/mol. The summed E-state index contributed by atoms with van der Waals surface area (Å²) in [5.41, 5.74) is 3.89. The summed E-state index contributed by atoms with van der Waals surface area (Å²) < 4.78 is 12.3. The standard InChI is InChI=1S/C26H22ClIN2O4/c1-16-3-5-17(6-4-16)14-30-25(31)22(29-26(30)32)12-19-11-21(28)24(23(13-19)33-2)34-15-18-7-9-20(27)10-8-18/h3-13H,14-15H2,1-2H3,(H,29,32)/b22-12-. The number of methoxy groups -OCH3 is 1. The van der Waals surface area contributed by atoms with Gasteiger partial charge in [0, 0.05) is 5.02 Å². The molecule has 1 heterocycles. The Hall–Kier alpha value is -3.04. The van der Waals surface area contributed by atoms with Gasteiger partial charge in [0.25, 0.3) is 5.91 Å². The van der Waals surface area contributed by atoms with E-state index in [0.717, 1.165) is 20.3 Å². The van der Waals surface area contributed by atoms with E-state index >= 15 is 0 Å². The van der Waals surface area contributed by atoms with Crippen LogP contribution in [0.1, 0.15) is 22.3 Å². The summed E-state index contributed by atoms with van der Waals surface area (Å²) in [5.74, 6) is 0.756. The van der Waals surface area contributed by atoms with E-state index in [4.69, 9.17) is 21.1 Å². The second-order valence-electron chi connectivity index (χ2n) is 7.81. The van der Waals surface area contributed by atoms with Crippen molar-refractivity contribution in [3.8, 4) is 11.5 Å². The molecule has 0 aromatic heterocycles. The normalized spacial score (nSPS) is 14.5. The Kier molecular flexibility index (Phi) is 7.43. The Bertz CT molecular complexity index is 1260. The molecule has 3 aromatic rings. The van der Waals surface area contributed by atoms with Gasteiger partial charge in [0.1, 0.15) is 12.3 Å². The molecular formula is C26H22ClIN2O4. The first-order valence-electron chi connectivity index (χ1n) is 10.5. The lowest BCUT2D eigenvalue weighted by atomic mass is 10.1. The first kappa shape index (κ1) is 24.1. The van der Waals surface area contributed by atoms with Crippen LogP contribution in [0.25, 0.3) is 6.08 Å². The van der Waals surface area contributed by atoms with Crippen LogP contribution < -0.4 is 14.8 Å². The maximum atomic E-state index is 12.9. The molecule has 174 valence electrons. The number of rotatable bonds is 7. The van der Waals surface area contributed by atoms with Gasteiger partial charge in [-0.3, -0.25) is 9.69 Å². The minimum Gasteiger partial charge on any atom is -0.493 e. The minimum absolute atomic E-state index is 0.209. The van der Waals surface area contributed by atoms with Gasteiger partial charge in [-0.05, 0) is 76.5 Å². The second kappa shape index (κ2) is 10.5. The van der Waals surface area contributed by atoms with Gasteiger partial charge < -0.3 is 14.8 Å². The molecule has 8 heteroatoms. The van der Waals surface area contributed by atoms with E-state index in [2.05, 4.69) is 27.9 Å². The average Bonchev–Trinajstić information content (AvgIpc) is 3.07. The lowest BCUT2D eigenvalue weighted by molar-refractivity contribution is -0.123. The van der Waals surface area contributed by atoms with E-state index in [-0.39, 0.29) is 18.1 Å². The van der Waals surface area contributed by atoms with Crippen molar-refractivity contribution in [2.24, 2.45) is 0 Å². The highest BCUT2D eigenvalue weighted by atomic mass is 127. The lowest BCUT2D eigenvalue weighted by Gasteiger charge is -2.14. The fourth-order valence-electron chi connectivity index (χ4n) is 3.46. The van der Waals surface area contributed by atoms with Crippen LogP contribution in [0.15, 0.2) is 66.4 Å². The van der Waals surface area contributed by atoms with Crippen LogP contribution in [0.2, 0.25) is 5.02 Å². The molecule has 0 unspecified atom stereocenters. The summed E-state index contributed by atoms with van der Waals surface area (Å²) in [5, 5.41) is 3.34. The number of carbonyl (C=O) groups is 2. The molecule has 0 atom stereocenters. The fraction of sp³-hybridized carbons (Fsp3) is 0.154. The van der Waals surface area contributed by atoms with Crippen molar-refractivity contribution in [3.05, 3.63) is 97.2 Å². The molecule has 3 aromatic carbocycles. The molecule has 0 bridgehead atoms. The lowest BCUT2D eigenvalue weighted by Crippen LogP contribution is -2.30. The minimum atomic E-state index is -0.443. The number of nitrogens with one attached hydrogen (secondary N) is 1. The van der Waals surface area contributed by atoms with E-state index < -0.39 is 6.03 Å². The van der Waals surface area contributed by atoms with E-state index in [0.29, 0.717) is 28.7 Å². The monoisotopic (exact) mass is 588 g/mol. The summed E-state index contributed by atoms with van der Waals surface area (Å²) >= 11 is 8.11. The number of amides is 3. The number of halogens is 2. The van der Waals surface area contributed by atoms with Crippen molar-refractivity contribution in [2.75, 3.05) is 7.11 Å². The highest BCUT2D eigenvalue weighted by molar-refractivity contribution is 14.1. The number of aryl methyl sites for hydroxylation is 1. The van der Waals surface area contributed by atoms with Crippen molar-refractivity contribution < 1.29 is 19.1 Å². The van der Waals surface area contributed by atoms with Gasteiger partial charge in [-0.1, -0.05) is 53.6 Å². The molecule has 4 rings (SSSR count). The third-order valence-corrected chi connectivity index (χ3v) is 6.34. The van der Waals surface area contributed by atoms with Crippen LogP contribution >= 0.6 is 34.2 Å². The molecule has 0 spiro atoms. The van der Waals surface area contributed by atoms with Crippen molar-refractivity contribution in [3.63, 3.8) is 0 Å². The van der Waals surface area contributed by atoms with Gasteiger partial charge in [0.2, 0.25) is 0 Å². The van der Waals surface area contributed by atoms with E-state index in [9.17, 15) is 9.59 Å². The van der Waals surface area contributed by atoms with Gasteiger partial charge in [-0.25, -0.2) is 4.79 Å². The maximum Gasteiger partial charge on any atom is 0.329 e. The van der Waals surface area contributed by atoms with Gasteiger partial charge in [-0.2, -0.15) is 0 Å². The zero-order valence-electron chi connectivity index (χ0n) is 18.6. The summed E-state index contributed by atoms with van der Waals surface area (Å²) in [6, 6.07) is 18.4. The van der Waals surface area contributed by atoms with Crippen LogP contribution in [0.3, 0.4) is 0 Å². The third-order valence-electron chi connectivity index (χ3n) is 5.28. The SMILES string of the molecule is COc1cc(/C=C2\NC(=O)N(Cc3ccc(C)cc3)C2=O)cc(I)c1OCc1ccc(Cl)cc1. The first-order chi connectivity index (χ1) is 16.3. The number of carbonyl (C=O) groups excluding carboxylic acids is 2. The molecular weight excluding hydrogens is 567 g/mol. The number of ether oxygens (including phenoxy) is 2. The molecule has 1 aliphatic rings. The van der Waals surface area contributed by atoms with Crippen molar-refractivity contribution in [1.82, 2.24) is 10.2 Å². The molecule has 1 fully saturated rings. The summed E-state index contributed by atoms with van der Waals surface area (Å²) in [7, 11) is 1.56. The van der Waals surface area contributed by atoms with Crippen molar-refractivity contribution in [1.29, 1.82) is 0 Å². The Morgan fingerprint density at radius 2 is 1.71 bits per heavy atom. The van der Waals surface area contributed by atoms with Crippen LogP contribution in [0.4, 0.5) is 4.79 Å². The summed E-state index contributed by atoms with van der Waals surface area (Å²) in [4.78, 5) is 26.5. The molecule has 0 saturated carbocycles. The number of benzene rings is 3. The number of urea groups is 1. The number of hydrogen-bond donors (Lipinski definition) is 1. The number of imide groups is 1. The Morgan fingerprint density at radius 1 is 1.03 bits per heavy atom. The average molecular weight is 589 g/mol. The quantitative estimate of drug-likeness (QED) is 0.211. The predicted octanol–water partition coefficient (Wildman–Crippen LogP) is 5.93. The highest BCUT2D eigenvalue weighted by Gasteiger charge is 2.33. The van der Waals surface area contributed by atoms with E-state index in [1.165, 1.54) is 4.90 Å². The van der Waals surface area contributed by atoms with Crippen LogP contribution in [0, 0.1) is 10.5 Å². The van der Waals surface area contributed by atoms with Gasteiger partial charge in [0.05, 0.1) is 17.2 Å². The number of hydrogen-bond acceptors (Lipinski definition) is 4. The van der Waals surface area contributed by atoms with E-state index in [1.807, 2.05) is 61.5 Å². The van der Waals surface area contributed by atoms with Crippen LogP contribution in [-0.2, 0) is 17.9 Å².